The van der Waals surface area contributed by atoms with E-state index in [2.05, 4.69) is 4.72 Å². The second kappa shape index (κ2) is 5.51. The van der Waals surface area contributed by atoms with Crippen LogP contribution >= 0.6 is 0 Å². The molecule has 0 amide bonds. The van der Waals surface area contributed by atoms with Crippen molar-refractivity contribution in [3.8, 4) is 0 Å². The minimum atomic E-state index is -3.64. The maximum absolute atomic E-state index is 12.3. The highest BCUT2D eigenvalue weighted by atomic mass is 32.2. The zero-order valence-corrected chi connectivity index (χ0v) is 11.9. The smallest absolute Gasteiger partial charge is 0.222 e. The molecule has 0 aliphatic heterocycles. The molecule has 0 saturated carbocycles. The number of hydrogen-bond acceptors (Lipinski definition) is 5. The van der Waals surface area contributed by atoms with E-state index in [1.54, 1.807) is 0 Å². The Morgan fingerprint density at radius 3 is 1.75 bits per heavy atom. The van der Waals surface area contributed by atoms with Gasteiger partial charge in [0.05, 0.1) is 9.79 Å². The molecule has 0 radical (unpaired) electrons. The first kappa shape index (κ1) is 14.4. The maximum atomic E-state index is 12.3. The number of rotatable bonds is 4. The lowest BCUT2D eigenvalue weighted by Crippen LogP contribution is -2.02. The Kier molecular flexibility index (Phi) is 3.96. The number of hydrogen-bond donors (Lipinski definition) is 3. The van der Waals surface area contributed by atoms with Crippen molar-refractivity contribution in [3.63, 3.8) is 0 Å². The van der Waals surface area contributed by atoms with Crippen molar-refractivity contribution in [2.24, 2.45) is 0 Å². The third kappa shape index (κ3) is 3.09. The SMILES string of the molecule is Nc1ccc(S(=O)(=O)c2ccc(N[SH](=O)=O)cc2)cc1. The standard InChI is InChI=1S/C12H12N2O4S2/c13-9-1-5-11(6-2-9)20(17,18)12-7-3-10(4-8-12)14-19(15)16/h1-8,19H,13H2,(H,14,15,16). The van der Waals surface area contributed by atoms with E-state index in [4.69, 9.17) is 5.73 Å². The summed E-state index contributed by atoms with van der Waals surface area (Å²) in [6, 6.07) is 11.3. The molecule has 6 nitrogen and oxygen atoms in total. The number of benzene rings is 2. The Bertz CT molecular complexity index is 771. The van der Waals surface area contributed by atoms with E-state index in [1.165, 1.54) is 48.5 Å². The molecule has 0 unspecified atom stereocenters. The largest absolute Gasteiger partial charge is 0.399 e. The van der Waals surface area contributed by atoms with Gasteiger partial charge < -0.3 is 5.73 Å². The van der Waals surface area contributed by atoms with Crippen LogP contribution in [0.4, 0.5) is 11.4 Å². The molecule has 0 heterocycles. The van der Waals surface area contributed by atoms with E-state index in [0.717, 1.165) is 0 Å². The lowest BCUT2D eigenvalue weighted by Gasteiger charge is -2.06. The molecule has 0 aliphatic rings. The number of nitrogens with one attached hydrogen (secondary N) is 1. The summed E-state index contributed by atoms with van der Waals surface area (Å²) in [6.45, 7) is 0. The molecule has 0 aromatic heterocycles. The highest BCUT2D eigenvalue weighted by Gasteiger charge is 2.17. The first-order chi connectivity index (χ1) is 9.39. The third-order valence-corrected chi connectivity index (χ3v) is 4.80. The van der Waals surface area contributed by atoms with E-state index < -0.39 is 20.7 Å². The average Bonchev–Trinajstić information content (AvgIpc) is 2.39. The Balaban J connectivity index is 2.37. The predicted molar refractivity (Wildman–Crippen MR) is 76.7 cm³/mol. The minimum Gasteiger partial charge on any atom is -0.399 e. The van der Waals surface area contributed by atoms with Crippen LogP contribution in [0.5, 0.6) is 0 Å². The summed E-state index contributed by atoms with van der Waals surface area (Å²) in [4.78, 5) is 0.205. The monoisotopic (exact) mass is 312 g/mol. The molecule has 0 saturated heterocycles. The van der Waals surface area contributed by atoms with E-state index in [9.17, 15) is 16.8 Å². The van der Waals surface area contributed by atoms with Crippen molar-refractivity contribution in [2.45, 2.75) is 9.79 Å². The van der Waals surface area contributed by atoms with Crippen LogP contribution in [0.2, 0.25) is 0 Å². The molecule has 3 N–H and O–H groups in total. The second-order valence-corrected chi connectivity index (χ2v) is 6.65. The summed E-state index contributed by atoms with van der Waals surface area (Å²) in [6.07, 6.45) is 0. The van der Waals surface area contributed by atoms with Gasteiger partial charge in [0.1, 0.15) is 0 Å². The molecule has 2 aromatic carbocycles. The molecule has 0 fully saturated rings. The van der Waals surface area contributed by atoms with Crippen LogP contribution in [0.3, 0.4) is 0 Å². The maximum Gasteiger partial charge on any atom is 0.222 e. The zero-order valence-electron chi connectivity index (χ0n) is 10.2. The first-order valence-electron chi connectivity index (χ1n) is 5.51. The first-order valence-corrected chi connectivity index (χ1v) is 8.17. The molecular formula is C12H12N2O4S2. The number of nitrogen functional groups attached to an aromatic ring is 1. The minimum absolute atomic E-state index is 0.0777. The second-order valence-electron chi connectivity index (χ2n) is 3.97. The van der Waals surface area contributed by atoms with Gasteiger partial charge in [0.15, 0.2) is 0 Å². The lowest BCUT2D eigenvalue weighted by molar-refractivity contribution is 0.596. The van der Waals surface area contributed by atoms with E-state index in [0.29, 0.717) is 11.4 Å². The molecule has 0 spiro atoms. The summed E-state index contributed by atoms with van der Waals surface area (Å²) in [5, 5.41) is 0. The summed E-state index contributed by atoms with van der Waals surface area (Å²) in [7, 11) is -6.41. The molecule has 0 bridgehead atoms. The Morgan fingerprint density at radius 1 is 0.850 bits per heavy atom. The fourth-order valence-electron chi connectivity index (χ4n) is 1.60. The van der Waals surface area contributed by atoms with E-state index >= 15 is 0 Å². The Labute approximate surface area is 118 Å². The summed E-state index contributed by atoms with van der Waals surface area (Å²) in [5.74, 6) is 0. The van der Waals surface area contributed by atoms with Gasteiger partial charge in [-0.05, 0) is 48.5 Å². The van der Waals surface area contributed by atoms with E-state index in [1.807, 2.05) is 0 Å². The van der Waals surface area contributed by atoms with Gasteiger partial charge >= 0.3 is 0 Å². The molecule has 106 valence electrons. The van der Waals surface area contributed by atoms with Crippen molar-refractivity contribution in [2.75, 3.05) is 10.5 Å². The fraction of sp³-hybridized carbons (Fsp3) is 0. The number of anilines is 2. The molecule has 2 aromatic rings. The van der Waals surface area contributed by atoms with Gasteiger partial charge in [0.2, 0.25) is 20.7 Å². The van der Waals surface area contributed by atoms with Gasteiger partial charge in [-0.1, -0.05) is 0 Å². The molecule has 0 atom stereocenters. The molecule has 8 heteroatoms. The highest BCUT2D eigenvalue weighted by Crippen LogP contribution is 2.23. The van der Waals surface area contributed by atoms with Crippen LogP contribution in [0.15, 0.2) is 58.3 Å². The number of thiol groups is 1. The average molecular weight is 312 g/mol. The van der Waals surface area contributed by atoms with Gasteiger partial charge in [-0.3, -0.25) is 4.72 Å². The predicted octanol–water partition coefficient (Wildman–Crippen LogP) is 1.04. The number of sulfone groups is 1. The van der Waals surface area contributed by atoms with Gasteiger partial charge in [0, 0.05) is 11.4 Å². The van der Waals surface area contributed by atoms with Crippen LogP contribution in [-0.2, 0) is 20.7 Å². The van der Waals surface area contributed by atoms with Gasteiger partial charge in [-0.15, -0.1) is 0 Å². The van der Waals surface area contributed by atoms with Gasteiger partial charge in [0.25, 0.3) is 0 Å². The molecular weight excluding hydrogens is 300 g/mol. The highest BCUT2D eigenvalue weighted by molar-refractivity contribution is 7.91. The molecule has 20 heavy (non-hydrogen) atoms. The van der Waals surface area contributed by atoms with Gasteiger partial charge in [-0.2, -0.15) is 0 Å². The summed E-state index contributed by atoms with van der Waals surface area (Å²) >= 11 is 0. The van der Waals surface area contributed by atoms with E-state index in [-0.39, 0.29) is 9.79 Å². The van der Waals surface area contributed by atoms with Crippen molar-refractivity contribution in [1.29, 1.82) is 0 Å². The topological polar surface area (TPSA) is 106 Å². The summed E-state index contributed by atoms with van der Waals surface area (Å²) < 4.78 is 47.8. The summed E-state index contributed by atoms with van der Waals surface area (Å²) in [5.41, 5.74) is 6.29. The normalized spacial score (nSPS) is 11.4. The Hall–Kier alpha value is -2.06. The zero-order chi connectivity index (χ0) is 14.8. The quantitative estimate of drug-likeness (QED) is 0.578. The third-order valence-electron chi connectivity index (χ3n) is 2.58. The van der Waals surface area contributed by atoms with Crippen molar-refractivity contribution < 1.29 is 16.8 Å². The van der Waals surface area contributed by atoms with Crippen molar-refractivity contribution >= 4 is 32.1 Å². The van der Waals surface area contributed by atoms with Gasteiger partial charge in [-0.25, -0.2) is 16.8 Å². The Morgan fingerprint density at radius 2 is 1.30 bits per heavy atom. The molecule has 0 aliphatic carbocycles. The van der Waals surface area contributed by atoms with Crippen LogP contribution in [-0.4, -0.2) is 16.8 Å². The fourth-order valence-corrected chi connectivity index (χ4v) is 3.22. The number of nitrogens with two attached hydrogens (primary N) is 1. The van der Waals surface area contributed by atoms with Crippen LogP contribution in [0, 0.1) is 0 Å². The van der Waals surface area contributed by atoms with Crippen molar-refractivity contribution in [1.82, 2.24) is 0 Å². The van der Waals surface area contributed by atoms with Crippen LogP contribution in [0.25, 0.3) is 0 Å². The van der Waals surface area contributed by atoms with Crippen LogP contribution < -0.4 is 10.5 Å². The molecule has 2 rings (SSSR count). The van der Waals surface area contributed by atoms with Crippen molar-refractivity contribution in [3.05, 3.63) is 48.5 Å². The van der Waals surface area contributed by atoms with Crippen LogP contribution in [0.1, 0.15) is 0 Å². The lowest BCUT2D eigenvalue weighted by atomic mass is 10.3.